The quantitative estimate of drug-likeness (QED) is 0.419. The fraction of sp³-hybridized carbons (Fsp3) is 0.857. The Labute approximate surface area is 111 Å². The number of rotatable bonds is 2. The SMILES string of the molecule is C[N+](C)(C)[B-]C#[N+][B-][N+](C)(C)C.F[P-](F)(F)(F)(F)F. The van der Waals surface area contributed by atoms with Crippen molar-refractivity contribution in [1.82, 2.24) is 0 Å². The van der Waals surface area contributed by atoms with Crippen LogP contribution in [-0.2, 0) is 0 Å². The van der Waals surface area contributed by atoms with Crippen molar-refractivity contribution in [3.8, 4) is 5.97 Å². The molecular weight excluding hydrogens is 293 g/mol. The number of nitrogens with zero attached hydrogens (tertiary/aromatic N) is 3. The van der Waals surface area contributed by atoms with Crippen molar-refractivity contribution in [3.05, 3.63) is 4.76 Å². The van der Waals surface area contributed by atoms with Gasteiger partial charge in [0.15, 0.2) is 7.41 Å². The third-order valence-electron chi connectivity index (χ3n) is 0.924. The number of hydrogen-bond donors (Lipinski definition) is 0. The molecule has 0 heterocycles. The van der Waals surface area contributed by atoms with Gasteiger partial charge in [-0.05, 0) is 5.97 Å². The molecule has 19 heavy (non-hydrogen) atoms. The first kappa shape index (κ1) is 20.9. The van der Waals surface area contributed by atoms with Crippen LogP contribution in [0.1, 0.15) is 0 Å². The minimum absolute atomic E-state index is 0.720. The van der Waals surface area contributed by atoms with E-state index in [0.717, 1.165) is 8.79 Å². The van der Waals surface area contributed by atoms with E-state index in [1.807, 2.05) is 15.0 Å². The Kier molecular flexibility index (Phi) is 5.65. The van der Waals surface area contributed by atoms with Gasteiger partial charge in [-0.25, -0.2) is 0 Å². The Bertz CT molecular complexity index is 326. The Morgan fingerprint density at radius 1 is 0.789 bits per heavy atom. The predicted octanol–water partition coefficient (Wildman–Crippen LogP) is 3.23. The van der Waals surface area contributed by atoms with Crippen molar-refractivity contribution < 1.29 is 34.0 Å². The molecule has 0 saturated heterocycles. The van der Waals surface area contributed by atoms with Crippen molar-refractivity contribution in [3.63, 3.8) is 0 Å². The van der Waals surface area contributed by atoms with Crippen LogP contribution in [-0.4, -0.2) is 66.0 Å². The van der Waals surface area contributed by atoms with Gasteiger partial charge in [0.1, 0.15) is 0 Å². The molecule has 12 heteroatoms. The molecule has 0 aromatic heterocycles. The monoisotopic (exact) mass is 311 g/mol. The maximum atomic E-state index is 9.87. The molecule has 0 spiro atoms. The van der Waals surface area contributed by atoms with E-state index < -0.39 is 7.81 Å². The second-order valence-corrected chi connectivity index (χ2v) is 7.61. The molecule has 0 aromatic carbocycles. The second-order valence-electron chi connectivity index (χ2n) is 5.69. The molecule has 0 aromatic rings. The van der Waals surface area contributed by atoms with Gasteiger partial charge in [0.05, 0.1) is 0 Å². The zero-order chi connectivity index (χ0) is 16.2. The minimum atomic E-state index is -10.7. The van der Waals surface area contributed by atoms with Crippen molar-refractivity contribution >= 4 is 22.8 Å². The Balaban J connectivity index is 0. The van der Waals surface area contributed by atoms with E-state index in [0.29, 0.717) is 0 Å². The summed E-state index contributed by atoms with van der Waals surface area (Å²) in [7, 11) is 5.44. The molecular formula is C7H18B2F6N3P. The topological polar surface area (TPSA) is 4.36 Å². The van der Waals surface area contributed by atoms with E-state index in [2.05, 4.69) is 53.0 Å². The van der Waals surface area contributed by atoms with Gasteiger partial charge in [-0.1, -0.05) is 0 Å². The molecule has 0 fully saturated rings. The molecule has 4 radical (unpaired) electrons. The number of halogens is 6. The molecule has 0 N–H and O–H groups in total. The van der Waals surface area contributed by atoms with E-state index in [4.69, 9.17) is 0 Å². The van der Waals surface area contributed by atoms with Crippen LogP contribution in [0.3, 0.4) is 0 Å². The standard InChI is InChI=1S/C7H18B2N3.F6P/c1-11(2,3)8-7-10-9-12(4,5)6;1-7(2,3,4,5)6/h1-6H3;/q+1;-1. The third kappa shape index (κ3) is 58.1. The summed E-state index contributed by atoms with van der Waals surface area (Å²) in [5.74, 6) is 2.88. The third-order valence-corrected chi connectivity index (χ3v) is 0.924. The molecule has 114 valence electrons. The molecule has 0 saturated carbocycles. The van der Waals surface area contributed by atoms with Crippen LogP contribution in [0.5, 0.6) is 0 Å². The number of hydrogen-bond acceptors (Lipinski definition) is 0. The fourth-order valence-corrected chi connectivity index (χ4v) is 0.413. The van der Waals surface area contributed by atoms with E-state index in [1.54, 1.807) is 0 Å². The van der Waals surface area contributed by atoms with Gasteiger partial charge < -0.3 is 13.5 Å². The van der Waals surface area contributed by atoms with E-state index in [-0.39, 0.29) is 0 Å². The summed E-state index contributed by atoms with van der Waals surface area (Å²) in [6, 6.07) is 0. The summed E-state index contributed by atoms with van der Waals surface area (Å²) < 4.78 is 64.7. The van der Waals surface area contributed by atoms with Gasteiger partial charge >= 0.3 is 40.5 Å². The molecule has 0 atom stereocenters. The van der Waals surface area contributed by atoms with Gasteiger partial charge in [-0.3, -0.25) is 0 Å². The predicted molar refractivity (Wildman–Crippen MR) is 68.4 cm³/mol. The summed E-state index contributed by atoms with van der Waals surface area (Å²) in [6.07, 6.45) is 0. The van der Waals surface area contributed by atoms with Gasteiger partial charge in [-0.15, -0.1) is 0 Å². The van der Waals surface area contributed by atoms with Crippen molar-refractivity contribution in [2.24, 2.45) is 0 Å². The summed E-state index contributed by atoms with van der Waals surface area (Å²) >= 11 is 0. The summed E-state index contributed by atoms with van der Waals surface area (Å²) in [6.45, 7) is 0. The second kappa shape index (κ2) is 5.15. The summed E-state index contributed by atoms with van der Waals surface area (Å²) in [4.78, 5) is 0. The Morgan fingerprint density at radius 3 is 1.32 bits per heavy atom. The van der Waals surface area contributed by atoms with Gasteiger partial charge in [0.2, 0.25) is 0 Å². The first-order valence-corrected chi connectivity index (χ1v) is 7.01. The van der Waals surface area contributed by atoms with Crippen LogP contribution in [0, 0.1) is 5.97 Å². The fourth-order valence-electron chi connectivity index (χ4n) is 0.413. The van der Waals surface area contributed by atoms with Gasteiger partial charge in [0.25, 0.3) is 0 Å². The molecule has 0 rings (SSSR count). The van der Waals surface area contributed by atoms with E-state index in [9.17, 15) is 25.2 Å². The molecule has 0 aliphatic heterocycles. The zero-order valence-electron chi connectivity index (χ0n) is 11.7. The van der Waals surface area contributed by atoms with Crippen LogP contribution in [0.2, 0.25) is 0 Å². The number of quaternary nitrogens is 2. The van der Waals surface area contributed by atoms with Crippen LogP contribution < -0.4 is 0 Å². The molecule has 0 aliphatic carbocycles. The maximum absolute atomic E-state index is 10.7. The summed E-state index contributed by atoms with van der Waals surface area (Å²) in [5.41, 5.74) is 0. The first-order valence-electron chi connectivity index (χ1n) is 4.98. The Morgan fingerprint density at radius 2 is 1.11 bits per heavy atom. The van der Waals surface area contributed by atoms with Crippen LogP contribution in [0.15, 0.2) is 0 Å². The van der Waals surface area contributed by atoms with Crippen molar-refractivity contribution in [1.29, 1.82) is 0 Å². The average Bonchev–Trinajstić information content (AvgIpc) is 1.87. The Hall–Kier alpha value is -0.450. The van der Waals surface area contributed by atoms with Crippen LogP contribution in [0.25, 0.3) is 4.76 Å². The van der Waals surface area contributed by atoms with Crippen LogP contribution >= 0.6 is 7.81 Å². The normalized spacial score (nSPS) is 16.2. The van der Waals surface area contributed by atoms with Crippen molar-refractivity contribution in [2.45, 2.75) is 0 Å². The van der Waals surface area contributed by atoms with Gasteiger partial charge in [-0.2, -0.15) is 0 Å². The van der Waals surface area contributed by atoms with Crippen molar-refractivity contribution in [2.75, 3.05) is 42.3 Å². The van der Waals surface area contributed by atoms with Crippen LogP contribution in [0.4, 0.5) is 25.2 Å². The average molecular weight is 311 g/mol. The molecule has 3 nitrogen and oxygen atoms in total. The van der Waals surface area contributed by atoms with Gasteiger partial charge in [0, 0.05) is 42.3 Å². The summed E-state index contributed by atoms with van der Waals surface area (Å²) in [5, 5.41) is 0. The molecule has 0 bridgehead atoms. The van der Waals surface area contributed by atoms with E-state index >= 15 is 0 Å². The van der Waals surface area contributed by atoms with E-state index in [1.165, 1.54) is 0 Å². The zero-order valence-corrected chi connectivity index (χ0v) is 12.6. The molecule has 0 amide bonds. The molecule has 0 aliphatic rings. The first-order chi connectivity index (χ1) is 7.66. The molecule has 0 unspecified atom stereocenters.